The normalized spacial score (nSPS) is 19.2. The van der Waals surface area contributed by atoms with Gasteiger partial charge in [-0.3, -0.25) is 9.89 Å². The lowest BCUT2D eigenvalue weighted by Gasteiger charge is -2.39. The molecule has 0 atom stereocenters. The maximum atomic E-state index is 13.0. The summed E-state index contributed by atoms with van der Waals surface area (Å²) in [7, 11) is 0. The van der Waals surface area contributed by atoms with E-state index < -0.39 is 5.60 Å². The van der Waals surface area contributed by atoms with Gasteiger partial charge < -0.3 is 9.64 Å². The summed E-state index contributed by atoms with van der Waals surface area (Å²) in [5.74, 6) is 1.07. The van der Waals surface area contributed by atoms with Crippen LogP contribution in [-0.4, -0.2) is 49.3 Å². The van der Waals surface area contributed by atoms with Gasteiger partial charge in [0.1, 0.15) is 5.60 Å². The molecule has 1 fully saturated rings. The third-order valence-corrected chi connectivity index (χ3v) is 6.64. The average Bonchev–Trinajstić information content (AvgIpc) is 3.08. The summed E-state index contributed by atoms with van der Waals surface area (Å²) in [5, 5.41) is 2.88. The maximum absolute atomic E-state index is 13.0. The van der Waals surface area contributed by atoms with Gasteiger partial charge in [0.2, 0.25) is 0 Å². The largest absolute Gasteiger partial charge is 0.444 e. The number of hydrogen-bond acceptors (Lipinski definition) is 6. The lowest BCUT2D eigenvalue weighted by molar-refractivity contribution is 0.0196. The number of nitrogens with one attached hydrogen (secondary N) is 1. The van der Waals surface area contributed by atoms with Gasteiger partial charge in [-0.1, -0.05) is 0 Å². The Bertz CT molecular complexity index is 940. The van der Waals surface area contributed by atoms with Crippen LogP contribution in [0.2, 0.25) is 0 Å². The first-order valence-electron chi connectivity index (χ1n) is 8.48. The highest BCUT2D eigenvalue weighted by atomic mass is 79.9. The number of aromatic nitrogens is 4. The molecule has 2 aliphatic heterocycles. The number of hydrogen-bond donors (Lipinski definition) is 1. The van der Waals surface area contributed by atoms with E-state index >= 15 is 0 Å². The first kappa shape index (κ1) is 17.8. The number of rotatable bonds is 0. The van der Waals surface area contributed by atoms with Crippen LogP contribution in [0.15, 0.2) is 9.53 Å². The van der Waals surface area contributed by atoms with Crippen molar-refractivity contribution in [2.45, 2.75) is 49.7 Å². The molecule has 0 radical (unpaired) electrons. The summed E-state index contributed by atoms with van der Waals surface area (Å²) in [5.41, 5.74) is 0.951. The van der Waals surface area contributed by atoms with Gasteiger partial charge >= 0.3 is 6.09 Å². The fraction of sp³-hybridized carbons (Fsp3) is 0.625. The number of carbonyl (C=O) groups is 1. The summed E-state index contributed by atoms with van der Waals surface area (Å²) in [6.45, 7) is 6.71. The van der Waals surface area contributed by atoms with Gasteiger partial charge in [-0.15, -0.1) is 11.8 Å². The van der Waals surface area contributed by atoms with Crippen molar-refractivity contribution < 1.29 is 9.53 Å². The van der Waals surface area contributed by atoms with Gasteiger partial charge in [-0.25, -0.2) is 9.78 Å². The predicted octanol–water partition coefficient (Wildman–Crippen LogP) is 2.65. The lowest BCUT2D eigenvalue weighted by atomic mass is 9.88. The van der Waals surface area contributed by atoms with E-state index in [1.54, 1.807) is 16.7 Å². The van der Waals surface area contributed by atoms with Crippen molar-refractivity contribution in [3.63, 3.8) is 0 Å². The number of thioether (sulfide) groups is 1. The Balaban J connectivity index is 1.61. The molecule has 0 aliphatic carbocycles. The minimum Gasteiger partial charge on any atom is -0.444 e. The highest BCUT2D eigenvalue weighted by Gasteiger charge is 2.46. The van der Waals surface area contributed by atoms with Crippen LogP contribution in [0, 0.1) is 0 Å². The Hall–Kier alpha value is -1.55. The molecule has 10 heteroatoms. The molecular formula is C16H20BrN5O3S. The Morgan fingerprint density at radius 3 is 2.65 bits per heavy atom. The van der Waals surface area contributed by atoms with E-state index in [0.29, 0.717) is 42.2 Å². The molecule has 0 unspecified atom stereocenters. The van der Waals surface area contributed by atoms with Gasteiger partial charge in [-0.2, -0.15) is 9.50 Å². The van der Waals surface area contributed by atoms with E-state index in [-0.39, 0.29) is 16.4 Å². The first-order chi connectivity index (χ1) is 12.2. The molecule has 26 heavy (non-hydrogen) atoms. The molecule has 4 heterocycles. The molecule has 2 aliphatic rings. The molecule has 0 aromatic carbocycles. The summed E-state index contributed by atoms with van der Waals surface area (Å²) in [6, 6.07) is 0. The van der Waals surface area contributed by atoms with Crippen molar-refractivity contribution in [2.24, 2.45) is 0 Å². The van der Waals surface area contributed by atoms with E-state index in [1.807, 2.05) is 20.8 Å². The molecule has 2 aromatic rings. The fourth-order valence-electron chi connectivity index (χ4n) is 3.55. The van der Waals surface area contributed by atoms with Crippen LogP contribution in [-0.2, 0) is 15.2 Å². The number of carbonyl (C=O) groups excluding carboxylic acids is 1. The molecule has 1 N–H and O–H groups in total. The second-order valence-electron chi connectivity index (χ2n) is 7.64. The number of fused-ring (bicyclic) bond motifs is 3. The van der Waals surface area contributed by atoms with Gasteiger partial charge in [0.25, 0.3) is 11.3 Å². The van der Waals surface area contributed by atoms with E-state index in [9.17, 15) is 9.59 Å². The Morgan fingerprint density at radius 1 is 1.31 bits per heavy atom. The molecule has 8 nitrogen and oxygen atoms in total. The van der Waals surface area contributed by atoms with E-state index in [0.717, 1.165) is 11.3 Å². The van der Waals surface area contributed by atoms with Crippen molar-refractivity contribution in [1.29, 1.82) is 0 Å². The van der Waals surface area contributed by atoms with Crippen LogP contribution in [0.5, 0.6) is 0 Å². The Kier molecular flexibility index (Phi) is 4.11. The SMILES string of the molecule is CC(C)(C)OC(=O)N1CCC2(CC1)SCc1nc3nc(Br)[nH]n3c(=O)c12. The van der Waals surface area contributed by atoms with Crippen LogP contribution in [0.25, 0.3) is 5.78 Å². The Labute approximate surface area is 162 Å². The number of halogens is 1. The smallest absolute Gasteiger partial charge is 0.410 e. The second-order valence-corrected chi connectivity index (χ2v) is 9.75. The minimum absolute atomic E-state index is 0.0982. The lowest BCUT2D eigenvalue weighted by Crippen LogP contribution is -2.46. The number of ether oxygens (including phenoxy) is 1. The van der Waals surface area contributed by atoms with Crippen LogP contribution in [0.4, 0.5) is 4.79 Å². The summed E-state index contributed by atoms with van der Waals surface area (Å²) in [4.78, 5) is 35.8. The summed E-state index contributed by atoms with van der Waals surface area (Å²) >= 11 is 5.00. The Morgan fingerprint density at radius 2 is 2.00 bits per heavy atom. The average molecular weight is 442 g/mol. The van der Waals surface area contributed by atoms with Gasteiger partial charge in [0, 0.05) is 18.8 Å². The standard InChI is InChI=1S/C16H20BrN5O3S/c1-15(2,3)25-14(24)21-6-4-16(5-7-21)10-9(8-26-16)18-13-19-12(17)20-22(13)11(10)23/h4-8H2,1-3H3,(H,18,19,20). The number of amides is 1. The van der Waals surface area contributed by atoms with Crippen molar-refractivity contribution in [3.8, 4) is 0 Å². The second kappa shape index (κ2) is 5.98. The highest BCUT2D eigenvalue weighted by molar-refractivity contribution is 9.10. The van der Waals surface area contributed by atoms with Crippen molar-refractivity contribution in [3.05, 3.63) is 26.3 Å². The summed E-state index contributed by atoms with van der Waals surface area (Å²) in [6.07, 6.45) is 1.13. The van der Waals surface area contributed by atoms with Gasteiger partial charge in [0.05, 0.1) is 16.0 Å². The summed E-state index contributed by atoms with van der Waals surface area (Å²) < 4.78 is 7.04. The molecular weight excluding hydrogens is 422 g/mol. The van der Waals surface area contributed by atoms with Crippen molar-refractivity contribution >= 4 is 39.6 Å². The molecule has 2 aromatic heterocycles. The topological polar surface area (TPSA) is 92.6 Å². The van der Waals surface area contributed by atoms with E-state index in [4.69, 9.17) is 4.74 Å². The van der Waals surface area contributed by atoms with Crippen molar-refractivity contribution in [2.75, 3.05) is 13.1 Å². The fourth-order valence-corrected chi connectivity index (χ4v) is 5.32. The van der Waals surface area contributed by atoms with Gasteiger partial charge in [0.15, 0.2) is 4.73 Å². The first-order valence-corrected chi connectivity index (χ1v) is 10.3. The van der Waals surface area contributed by atoms with E-state index in [2.05, 4.69) is 31.0 Å². The minimum atomic E-state index is -0.511. The number of piperidine rings is 1. The van der Waals surface area contributed by atoms with Crippen molar-refractivity contribution in [1.82, 2.24) is 24.5 Å². The zero-order valence-corrected chi connectivity index (χ0v) is 17.2. The number of nitrogens with zero attached hydrogens (tertiary/aromatic N) is 4. The highest BCUT2D eigenvalue weighted by Crippen LogP contribution is 2.51. The molecule has 0 bridgehead atoms. The zero-order chi connectivity index (χ0) is 18.7. The third kappa shape index (κ3) is 2.92. The molecule has 4 rings (SSSR count). The predicted molar refractivity (Wildman–Crippen MR) is 101 cm³/mol. The molecule has 1 saturated heterocycles. The number of likely N-dealkylation sites (tertiary alicyclic amines) is 1. The van der Waals surface area contributed by atoms with Crippen LogP contribution >= 0.6 is 27.7 Å². The van der Waals surface area contributed by atoms with Crippen LogP contribution < -0.4 is 5.56 Å². The quantitative estimate of drug-likeness (QED) is 0.675. The molecule has 1 amide bonds. The monoisotopic (exact) mass is 441 g/mol. The van der Waals surface area contributed by atoms with Crippen LogP contribution in [0.3, 0.4) is 0 Å². The molecule has 1 spiro atoms. The number of aromatic amines is 1. The van der Waals surface area contributed by atoms with E-state index in [1.165, 1.54) is 4.52 Å². The van der Waals surface area contributed by atoms with Crippen LogP contribution in [0.1, 0.15) is 44.9 Å². The van der Waals surface area contributed by atoms with Gasteiger partial charge in [-0.05, 0) is 49.5 Å². The molecule has 0 saturated carbocycles. The number of H-pyrrole nitrogens is 1. The third-order valence-electron chi connectivity index (χ3n) is 4.71. The molecule has 140 valence electrons. The zero-order valence-electron chi connectivity index (χ0n) is 14.8. The maximum Gasteiger partial charge on any atom is 0.410 e.